The molecular weight excluding hydrogens is 238 g/mol. The second-order valence-electron chi connectivity index (χ2n) is 4.76. The lowest BCUT2D eigenvalue weighted by molar-refractivity contribution is 0.230. The Morgan fingerprint density at radius 1 is 1.32 bits per heavy atom. The second kappa shape index (κ2) is 7.85. The average molecular weight is 263 g/mol. The maximum Gasteiger partial charge on any atom is 0.161 e. The van der Waals surface area contributed by atoms with Crippen LogP contribution in [0.3, 0.4) is 0 Å². The van der Waals surface area contributed by atoms with Crippen LogP contribution >= 0.6 is 0 Å². The molecule has 0 saturated carbocycles. The van der Waals surface area contributed by atoms with Gasteiger partial charge in [0.1, 0.15) is 0 Å². The topological polar surface area (TPSA) is 30.5 Å². The van der Waals surface area contributed by atoms with Crippen molar-refractivity contribution < 1.29 is 9.47 Å². The maximum atomic E-state index is 5.71. The van der Waals surface area contributed by atoms with Crippen LogP contribution in [0.1, 0.15) is 32.8 Å². The Morgan fingerprint density at radius 2 is 2.05 bits per heavy atom. The molecule has 1 aromatic carbocycles. The van der Waals surface area contributed by atoms with Crippen LogP contribution in [-0.2, 0) is 0 Å². The molecule has 0 aromatic heterocycles. The second-order valence-corrected chi connectivity index (χ2v) is 4.76. The van der Waals surface area contributed by atoms with Gasteiger partial charge in [-0.1, -0.05) is 24.6 Å². The van der Waals surface area contributed by atoms with Gasteiger partial charge in [0.15, 0.2) is 11.5 Å². The van der Waals surface area contributed by atoms with Gasteiger partial charge in [0.05, 0.1) is 13.2 Å². The largest absolute Gasteiger partial charge is 0.493 e. The fourth-order valence-corrected chi connectivity index (χ4v) is 1.87. The van der Waals surface area contributed by atoms with E-state index in [1.807, 2.05) is 33.0 Å². The van der Waals surface area contributed by atoms with E-state index in [-0.39, 0.29) is 6.10 Å². The van der Waals surface area contributed by atoms with Crippen molar-refractivity contribution in [1.29, 1.82) is 0 Å². The molecule has 0 aliphatic heterocycles. The molecule has 19 heavy (non-hydrogen) atoms. The van der Waals surface area contributed by atoms with Crippen LogP contribution in [-0.4, -0.2) is 26.8 Å². The van der Waals surface area contributed by atoms with Crippen LogP contribution in [0.5, 0.6) is 11.5 Å². The van der Waals surface area contributed by atoms with Gasteiger partial charge in [-0.15, -0.1) is 0 Å². The van der Waals surface area contributed by atoms with Crippen LogP contribution in [0, 0.1) is 0 Å². The van der Waals surface area contributed by atoms with Crippen LogP contribution in [0.4, 0.5) is 0 Å². The number of nitrogens with one attached hydrogen (secondary N) is 1. The number of hydrogen-bond donors (Lipinski definition) is 1. The van der Waals surface area contributed by atoms with E-state index in [0.717, 1.165) is 30.0 Å². The first-order valence-electron chi connectivity index (χ1n) is 6.79. The van der Waals surface area contributed by atoms with Crippen molar-refractivity contribution in [3.05, 3.63) is 29.3 Å². The quantitative estimate of drug-likeness (QED) is 0.816. The average Bonchev–Trinajstić information content (AvgIpc) is 2.39. The van der Waals surface area contributed by atoms with Gasteiger partial charge in [-0.2, -0.15) is 0 Å². The van der Waals surface area contributed by atoms with E-state index in [0.29, 0.717) is 0 Å². The zero-order valence-electron chi connectivity index (χ0n) is 12.6. The molecule has 0 aliphatic carbocycles. The number of benzene rings is 1. The molecule has 0 saturated heterocycles. The van der Waals surface area contributed by atoms with Crippen molar-refractivity contribution >= 4 is 6.08 Å². The predicted octanol–water partition coefficient (Wildman–Crippen LogP) is 3.50. The lowest BCUT2D eigenvalue weighted by atomic mass is 10.1. The van der Waals surface area contributed by atoms with Crippen LogP contribution in [0.2, 0.25) is 0 Å². The zero-order chi connectivity index (χ0) is 14.3. The van der Waals surface area contributed by atoms with Gasteiger partial charge in [0.25, 0.3) is 0 Å². The van der Waals surface area contributed by atoms with E-state index in [9.17, 15) is 0 Å². The molecule has 3 nitrogen and oxygen atoms in total. The number of methoxy groups -OCH3 is 1. The molecule has 0 unspecified atom stereocenters. The highest BCUT2D eigenvalue weighted by Gasteiger charge is 2.07. The number of hydrogen-bond acceptors (Lipinski definition) is 3. The Balaban J connectivity index is 2.98. The number of ether oxygens (including phenoxy) is 2. The summed E-state index contributed by atoms with van der Waals surface area (Å²) in [6.45, 7) is 7.09. The highest BCUT2D eigenvalue weighted by Crippen LogP contribution is 2.29. The molecular formula is C16H25NO2. The molecule has 1 rings (SSSR count). The fourth-order valence-electron chi connectivity index (χ4n) is 1.87. The first-order chi connectivity index (χ1) is 9.10. The molecule has 1 aromatic rings. The summed E-state index contributed by atoms with van der Waals surface area (Å²) in [6, 6.07) is 6.05. The normalized spacial score (nSPS) is 11.8. The minimum atomic E-state index is 0.144. The minimum absolute atomic E-state index is 0.144. The van der Waals surface area contributed by atoms with Gasteiger partial charge >= 0.3 is 0 Å². The van der Waals surface area contributed by atoms with E-state index in [4.69, 9.17) is 9.47 Å². The van der Waals surface area contributed by atoms with Gasteiger partial charge in [-0.25, -0.2) is 0 Å². The lowest BCUT2D eigenvalue weighted by Gasteiger charge is -2.14. The molecule has 0 spiro atoms. The summed E-state index contributed by atoms with van der Waals surface area (Å²) in [6.07, 6.45) is 3.37. The summed E-state index contributed by atoms with van der Waals surface area (Å²) in [4.78, 5) is 0. The van der Waals surface area contributed by atoms with E-state index in [1.54, 1.807) is 7.11 Å². The predicted molar refractivity (Wildman–Crippen MR) is 81.0 cm³/mol. The third-order valence-corrected chi connectivity index (χ3v) is 2.78. The third-order valence-electron chi connectivity index (χ3n) is 2.78. The molecule has 0 heterocycles. The fraction of sp³-hybridized carbons (Fsp3) is 0.500. The van der Waals surface area contributed by atoms with E-state index < -0.39 is 0 Å². The summed E-state index contributed by atoms with van der Waals surface area (Å²) < 4.78 is 11.1. The lowest BCUT2D eigenvalue weighted by Crippen LogP contribution is -2.09. The van der Waals surface area contributed by atoms with Gasteiger partial charge in [-0.05, 0) is 45.0 Å². The maximum absolute atomic E-state index is 5.71. The van der Waals surface area contributed by atoms with Crippen molar-refractivity contribution in [2.45, 2.75) is 33.3 Å². The van der Waals surface area contributed by atoms with Crippen molar-refractivity contribution in [2.75, 3.05) is 20.7 Å². The van der Waals surface area contributed by atoms with Gasteiger partial charge in [-0.3, -0.25) is 0 Å². The first-order valence-corrected chi connectivity index (χ1v) is 6.79. The van der Waals surface area contributed by atoms with Crippen molar-refractivity contribution in [1.82, 2.24) is 5.32 Å². The highest BCUT2D eigenvalue weighted by atomic mass is 16.5. The van der Waals surface area contributed by atoms with Gasteiger partial charge < -0.3 is 14.8 Å². The van der Waals surface area contributed by atoms with Crippen LogP contribution in [0.15, 0.2) is 23.8 Å². The first kappa shape index (κ1) is 15.6. The summed E-state index contributed by atoms with van der Waals surface area (Å²) in [5.74, 6) is 1.57. The molecule has 0 bridgehead atoms. The summed E-state index contributed by atoms with van der Waals surface area (Å²) in [7, 11) is 3.63. The number of likely N-dealkylation sites (N-methyl/N-ethyl adjacent to an activating group) is 1. The van der Waals surface area contributed by atoms with Crippen molar-refractivity contribution in [2.24, 2.45) is 0 Å². The van der Waals surface area contributed by atoms with Crippen LogP contribution < -0.4 is 14.8 Å². The molecule has 0 atom stereocenters. The van der Waals surface area contributed by atoms with E-state index in [2.05, 4.69) is 24.4 Å². The Kier molecular flexibility index (Phi) is 6.43. The molecule has 3 heteroatoms. The molecule has 106 valence electrons. The van der Waals surface area contributed by atoms with Gasteiger partial charge in [0, 0.05) is 6.54 Å². The Bertz CT molecular complexity index is 425. The summed E-state index contributed by atoms with van der Waals surface area (Å²) in [5, 5.41) is 3.18. The Labute approximate surface area is 116 Å². The molecule has 0 fully saturated rings. The molecule has 0 amide bonds. The summed E-state index contributed by atoms with van der Waals surface area (Å²) in [5.41, 5.74) is 2.50. The number of rotatable bonds is 7. The van der Waals surface area contributed by atoms with Crippen LogP contribution in [0.25, 0.3) is 6.08 Å². The smallest absolute Gasteiger partial charge is 0.161 e. The Morgan fingerprint density at radius 3 is 2.58 bits per heavy atom. The molecule has 0 radical (unpaired) electrons. The Hall–Kier alpha value is -1.48. The third kappa shape index (κ3) is 4.95. The van der Waals surface area contributed by atoms with Gasteiger partial charge in [0.2, 0.25) is 0 Å². The van der Waals surface area contributed by atoms with Crippen molar-refractivity contribution in [3.63, 3.8) is 0 Å². The molecule has 0 aliphatic rings. The zero-order valence-corrected chi connectivity index (χ0v) is 12.6. The monoisotopic (exact) mass is 263 g/mol. The highest BCUT2D eigenvalue weighted by molar-refractivity contribution is 5.58. The van der Waals surface area contributed by atoms with E-state index in [1.165, 1.54) is 5.57 Å². The molecule has 1 N–H and O–H groups in total. The van der Waals surface area contributed by atoms with E-state index >= 15 is 0 Å². The summed E-state index contributed by atoms with van der Waals surface area (Å²) >= 11 is 0. The van der Waals surface area contributed by atoms with Crippen molar-refractivity contribution in [3.8, 4) is 11.5 Å². The minimum Gasteiger partial charge on any atom is -0.493 e. The SMILES string of the molecule is CCC(=Cc1ccc(OC(C)C)c(OC)c1)CNC. The standard InChI is InChI=1S/C16H25NO2/c1-6-13(11-17-4)9-14-7-8-15(19-12(2)3)16(10-14)18-5/h7-10,12,17H,6,11H2,1-5H3.